The molecule has 0 rings (SSSR count). The van der Waals surface area contributed by atoms with E-state index in [2.05, 4.69) is 6.58 Å². The molecule has 1 unspecified atom stereocenters. The fourth-order valence-corrected chi connectivity index (χ4v) is 0.965. The molecule has 0 spiro atoms. The van der Waals surface area contributed by atoms with Gasteiger partial charge in [-0.15, -0.1) is 11.6 Å². The molecule has 0 aromatic carbocycles. The van der Waals surface area contributed by atoms with Crippen LogP contribution in [0.4, 0.5) is 0 Å². The summed E-state index contributed by atoms with van der Waals surface area (Å²) in [4.78, 5) is 27.3. The van der Waals surface area contributed by atoms with Gasteiger partial charge in [-0.05, 0) is 20.8 Å². The number of carbonyl (C=O) groups is 2. The minimum Gasteiger partial charge on any atom is -0.367 e. The van der Waals surface area contributed by atoms with Crippen LogP contribution in [0.15, 0.2) is 12.7 Å². The molecule has 0 aliphatic carbocycles. The first-order chi connectivity index (χ1) is 6.56. The molecule has 0 bridgehead atoms. The predicted octanol–water partition coefficient (Wildman–Crippen LogP) is 1.18. The summed E-state index contributed by atoms with van der Waals surface area (Å²) in [6.07, 6.45) is 1.30. The third-order valence-corrected chi connectivity index (χ3v) is 1.85. The average Bonchev–Trinajstić information content (AvgIpc) is 2.14. The Morgan fingerprint density at radius 2 is 1.93 bits per heavy atom. The van der Waals surface area contributed by atoms with Gasteiger partial charge in [0.05, 0.1) is 0 Å². The zero-order chi connectivity index (χ0) is 11.1. The molecule has 0 aromatic heterocycles. The lowest BCUT2D eigenvalue weighted by atomic mass is 10.1. The van der Waals surface area contributed by atoms with Gasteiger partial charge in [-0.3, -0.25) is 4.79 Å². The highest BCUT2D eigenvalue weighted by Crippen LogP contribution is 2.04. The highest BCUT2D eigenvalue weighted by molar-refractivity contribution is 5.99. The van der Waals surface area contributed by atoms with E-state index < -0.39 is 11.9 Å². The van der Waals surface area contributed by atoms with Crippen LogP contribution in [0, 0.1) is 5.92 Å². The van der Waals surface area contributed by atoms with Crippen molar-refractivity contribution in [1.82, 2.24) is 5.06 Å². The van der Waals surface area contributed by atoms with E-state index in [1.807, 2.05) is 13.8 Å². The van der Waals surface area contributed by atoms with Gasteiger partial charge in [0.15, 0.2) is 0 Å². The lowest BCUT2D eigenvalue weighted by molar-refractivity contribution is -0.192. The number of hydrogen-bond donors (Lipinski definition) is 0. The molecule has 0 aromatic rings. The summed E-state index contributed by atoms with van der Waals surface area (Å²) in [5, 5.41) is 1.49. The van der Waals surface area contributed by atoms with E-state index in [4.69, 9.17) is 4.84 Å². The van der Waals surface area contributed by atoms with Crippen molar-refractivity contribution < 1.29 is 14.4 Å². The molecular formula is C10H17NO3. The second kappa shape index (κ2) is 6.32. The molecule has 0 N–H and O–H groups in total. The number of hydroxylamine groups is 2. The molecule has 0 radical (unpaired) electrons. The molecule has 0 fully saturated rings. The van der Waals surface area contributed by atoms with E-state index >= 15 is 0 Å². The Hall–Kier alpha value is -1.16. The molecule has 1 atom stereocenters. The molecule has 0 amide bonds. The second-order valence-electron chi connectivity index (χ2n) is 2.85. The summed E-state index contributed by atoms with van der Waals surface area (Å²) in [5.41, 5.74) is 0. The Labute approximate surface area is 84.5 Å². The van der Waals surface area contributed by atoms with E-state index in [0.29, 0.717) is 13.1 Å². The SMILES string of the molecule is C=CC(C(C)=O)C(=O)ON(CC)CC. The molecule has 4 heteroatoms. The molecule has 0 saturated heterocycles. The Morgan fingerprint density at radius 1 is 1.43 bits per heavy atom. The summed E-state index contributed by atoms with van der Waals surface area (Å²) in [5.74, 6) is -1.66. The number of rotatable bonds is 6. The monoisotopic (exact) mass is 199 g/mol. The number of carbonyl (C=O) groups excluding carboxylic acids is 2. The molecule has 0 aliphatic heterocycles. The van der Waals surface area contributed by atoms with E-state index in [-0.39, 0.29) is 5.78 Å². The van der Waals surface area contributed by atoms with Crippen LogP contribution in [0.5, 0.6) is 0 Å². The standard InChI is InChI=1S/C10H17NO3/c1-5-9(8(4)12)10(13)14-11(6-2)7-3/h5,9H,1,6-7H2,2-4H3. The molecule has 80 valence electrons. The van der Waals surface area contributed by atoms with Crippen molar-refractivity contribution in [3.8, 4) is 0 Å². The zero-order valence-electron chi connectivity index (χ0n) is 8.95. The van der Waals surface area contributed by atoms with Crippen LogP contribution in [0.3, 0.4) is 0 Å². The highest BCUT2D eigenvalue weighted by atomic mass is 16.7. The van der Waals surface area contributed by atoms with Gasteiger partial charge >= 0.3 is 5.97 Å². The smallest absolute Gasteiger partial charge is 0.339 e. The van der Waals surface area contributed by atoms with Crippen LogP contribution in [0.1, 0.15) is 20.8 Å². The van der Waals surface area contributed by atoms with Crippen LogP contribution in [-0.4, -0.2) is 29.9 Å². The maximum absolute atomic E-state index is 11.4. The van der Waals surface area contributed by atoms with E-state index in [1.165, 1.54) is 18.1 Å². The Bertz CT molecular complexity index is 221. The Balaban J connectivity index is 4.30. The Kier molecular flexibility index (Phi) is 5.79. The number of Topliss-reactive ketones (excluding diaryl/α,β-unsaturated/α-hetero) is 1. The van der Waals surface area contributed by atoms with Gasteiger partial charge in [-0.1, -0.05) is 6.08 Å². The molecule has 0 aliphatic rings. The fraction of sp³-hybridized carbons (Fsp3) is 0.600. The van der Waals surface area contributed by atoms with Crippen LogP contribution < -0.4 is 0 Å². The third kappa shape index (κ3) is 3.70. The zero-order valence-corrected chi connectivity index (χ0v) is 8.95. The molecule has 4 nitrogen and oxygen atoms in total. The molecule has 0 saturated carbocycles. The van der Waals surface area contributed by atoms with Crippen molar-refractivity contribution in [2.24, 2.45) is 5.92 Å². The Morgan fingerprint density at radius 3 is 2.21 bits per heavy atom. The van der Waals surface area contributed by atoms with Crippen molar-refractivity contribution >= 4 is 11.8 Å². The largest absolute Gasteiger partial charge is 0.367 e. The van der Waals surface area contributed by atoms with Gasteiger partial charge in [0.2, 0.25) is 0 Å². The van der Waals surface area contributed by atoms with E-state index in [1.54, 1.807) is 0 Å². The average molecular weight is 199 g/mol. The topological polar surface area (TPSA) is 46.6 Å². The minimum absolute atomic E-state index is 0.253. The second-order valence-corrected chi connectivity index (χ2v) is 2.85. The van der Waals surface area contributed by atoms with Crippen molar-refractivity contribution in [2.45, 2.75) is 20.8 Å². The van der Waals surface area contributed by atoms with Gasteiger partial charge in [0.25, 0.3) is 0 Å². The third-order valence-electron chi connectivity index (χ3n) is 1.85. The van der Waals surface area contributed by atoms with Gasteiger partial charge < -0.3 is 4.84 Å². The van der Waals surface area contributed by atoms with Gasteiger partial charge in [0.1, 0.15) is 11.7 Å². The first kappa shape index (κ1) is 12.8. The van der Waals surface area contributed by atoms with Crippen LogP contribution in [0.2, 0.25) is 0 Å². The summed E-state index contributed by atoms with van der Waals surface area (Å²) >= 11 is 0. The summed E-state index contributed by atoms with van der Waals surface area (Å²) < 4.78 is 0. The maximum atomic E-state index is 11.4. The van der Waals surface area contributed by atoms with Gasteiger partial charge in [-0.25, -0.2) is 4.79 Å². The first-order valence-electron chi connectivity index (χ1n) is 4.66. The number of nitrogens with zero attached hydrogens (tertiary/aromatic N) is 1. The van der Waals surface area contributed by atoms with Gasteiger partial charge in [0, 0.05) is 13.1 Å². The number of hydrogen-bond acceptors (Lipinski definition) is 4. The number of ketones is 1. The van der Waals surface area contributed by atoms with E-state index in [9.17, 15) is 9.59 Å². The van der Waals surface area contributed by atoms with Crippen molar-refractivity contribution in [3.63, 3.8) is 0 Å². The molecular weight excluding hydrogens is 182 g/mol. The van der Waals surface area contributed by atoms with Crippen LogP contribution >= 0.6 is 0 Å². The lowest BCUT2D eigenvalue weighted by Gasteiger charge is -2.18. The summed E-state index contributed by atoms with van der Waals surface area (Å²) in [6.45, 7) is 9.70. The minimum atomic E-state index is -0.851. The first-order valence-corrected chi connectivity index (χ1v) is 4.66. The van der Waals surface area contributed by atoms with Crippen molar-refractivity contribution in [2.75, 3.05) is 13.1 Å². The molecule has 14 heavy (non-hydrogen) atoms. The highest BCUT2D eigenvalue weighted by Gasteiger charge is 2.23. The molecule has 0 heterocycles. The summed E-state index contributed by atoms with van der Waals surface area (Å²) in [6, 6.07) is 0. The van der Waals surface area contributed by atoms with Crippen LogP contribution in [-0.2, 0) is 14.4 Å². The summed E-state index contributed by atoms with van der Waals surface area (Å²) in [7, 11) is 0. The normalized spacial score (nSPS) is 12.3. The quantitative estimate of drug-likeness (QED) is 0.366. The maximum Gasteiger partial charge on any atom is 0.339 e. The van der Waals surface area contributed by atoms with Crippen molar-refractivity contribution in [1.29, 1.82) is 0 Å². The predicted molar refractivity (Wildman–Crippen MR) is 53.4 cm³/mol. The van der Waals surface area contributed by atoms with Crippen LogP contribution in [0.25, 0.3) is 0 Å². The lowest BCUT2D eigenvalue weighted by Crippen LogP contribution is -2.32. The van der Waals surface area contributed by atoms with E-state index in [0.717, 1.165) is 0 Å². The van der Waals surface area contributed by atoms with Crippen molar-refractivity contribution in [3.05, 3.63) is 12.7 Å². The van der Waals surface area contributed by atoms with Gasteiger partial charge in [-0.2, -0.15) is 0 Å². The fourth-order valence-electron chi connectivity index (χ4n) is 0.965.